The lowest BCUT2D eigenvalue weighted by Gasteiger charge is -2.36. The van der Waals surface area contributed by atoms with E-state index in [-0.39, 0.29) is 0 Å². The van der Waals surface area contributed by atoms with Gasteiger partial charge in [0.05, 0.1) is 5.39 Å². The summed E-state index contributed by atoms with van der Waals surface area (Å²) >= 11 is 1.93. The van der Waals surface area contributed by atoms with Crippen LogP contribution in [0.2, 0.25) is 0 Å². The maximum atomic E-state index is 5.23. The molecule has 1 saturated heterocycles. The van der Waals surface area contributed by atoms with Crippen LogP contribution in [0, 0.1) is 0 Å². The van der Waals surface area contributed by atoms with Gasteiger partial charge in [-0.25, -0.2) is 9.97 Å². The summed E-state index contributed by atoms with van der Waals surface area (Å²) in [4.78, 5) is 18.2. The summed E-state index contributed by atoms with van der Waals surface area (Å²) in [6.07, 6.45) is 6.87. The fraction of sp³-hybridized carbons (Fsp3) is 0.379. The summed E-state index contributed by atoms with van der Waals surface area (Å²) in [6.45, 7) is 5.24. The predicted octanol–water partition coefficient (Wildman–Crippen LogP) is 5.68. The van der Waals surface area contributed by atoms with Gasteiger partial charge in [0.1, 0.15) is 16.5 Å². The molecule has 0 radical (unpaired) electrons. The number of piperazine rings is 1. The molecule has 174 valence electrons. The van der Waals surface area contributed by atoms with Crippen LogP contribution in [0.5, 0.6) is 0 Å². The molecule has 0 unspecified atom stereocenters. The quantitative estimate of drug-likeness (QED) is 0.365. The third-order valence-electron chi connectivity index (χ3n) is 7.24. The first-order valence-electron chi connectivity index (χ1n) is 12.7. The normalized spacial score (nSPS) is 16.6. The maximum absolute atomic E-state index is 5.23. The van der Waals surface area contributed by atoms with Crippen LogP contribution in [-0.2, 0) is 32.2 Å². The van der Waals surface area contributed by atoms with Gasteiger partial charge >= 0.3 is 0 Å². The fourth-order valence-electron chi connectivity index (χ4n) is 5.38. The van der Waals surface area contributed by atoms with Gasteiger partial charge in [0.2, 0.25) is 0 Å². The first-order valence-corrected chi connectivity index (χ1v) is 13.5. The summed E-state index contributed by atoms with van der Waals surface area (Å²) in [5.74, 6) is 2.20. The SMILES string of the molecule is c1ccc(CCc2nc(N3CCN(Cc4ccccc4)CC3)c3c4c(sc3n2)CCCC4)cc1. The van der Waals surface area contributed by atoms with E-state index < -0.39 is 0 Å². The number of fused-ring (bicyclic) bond motifs is 3. The summed E-state index contributed by atoms with van der Waals surface area (Å²) in [5, 5.41) is 1.36. The number of anilines is 1. The van der Waals surface area contributed by atoms with E-state index in [1.807, 2.05) is 11.3 Å². The van der Waals surface area contributed by atoms with E-state index in [4.69, 9.17) is 9.97 Å². The van der Waals surface area contributed by atoms with Crippen LogP contribution in [0.25, 0.3) is 10.2 Å². The molecule has 1 aliphatic carbocycles. The number of thiophene rings is 1. The molecule has 0 amide bonds. The zero-order valence-electron chi connectivity index (χ0n) is 19.7. The highest BCUT2D eigenvalue weighted by molar-refractivity contribution is 7.19. The number of aryl methyl sites for hydroxylation is 4. The van der Waals surface area contributed by atoms with E-state index in [0.29, 0.717) is 0 Å². The summed E-state index contributed by atoms with van der Waals surface area (Å²) < 4.78 is 0. The Kier molecular flexibility index (Phi) is 6.30. The first kappa shape index (κ1) is 21.8. The van der Waals surface area contributed by atoms with Crippen LogP contribution in [0.1, 0.15) is 40.2 Å². The molecule has 5 heteroatoms. The molecule has 6 rings (SSSR count). The first-order chi connectivity index (χ1) is 16.8. The molecule has 4 nitrogen and oxygen atoms in total. The molecule has 3 heterocycles. The Labute approximate surface area is 206 Å². The van der Waals surface area contributed by atoms with Crippen molar-refractivity contribution in [3.8, 4) is 0 Å². The minimum absolute atomic E-state index is 0.892. The molecule has 0 atom stereocenters. The zero-order chi connectivity index (χ0) is 22.7. The number of aromatic nitrogens is 2. The number of nitrogens with zero attached hydrogens (tertiary/aromatic N) is 4. The second-order valence-electron chi connectivity index (χ2n) is 9.59. The lowest BCUT2D eigenvalue weighted by Crippen LogP contribution is -2.46. The number of hydrogen-bond acceptors (Lipinski definition) is 5. The Morgan fingerprint density at radius 3 is 2.21 bits per heavy atom. The Morgan fingerprint density at radius 2 is 1.44 bits per heavy atom. The Balaban J connectivity index is 1.26. The third kappa shape index (κ3) is 4.59. The van der Waals surface area contributed by atoms with Gasteiger partial charge in [-0.15, -0.1) is 11.3 Å². The largest absolute Gasteiger partial charge is 0.353 e. The van der Waals surface area contributed by atoms with E-state index in [9.17, 15) is 0 Å². The van der Waals surface area contributed by atoms with E-state index in [1.165, 1.54) is 52.8 Å². The average Bonchev–Trinajstić information content (AvgIpc) is 3.27. The molecule has 4 aromatic rings. The molecular weight excluding hydrogens is 436 g/mol. The topological polar surface area (TPSA) is 32.3 Å². The van der Waals surface area contributed by atoms with E-state index >= 15 is 0 Å². The number of hydrogen-bond donors (Lipinski definition) is 0. The number of benzene rings is 2. The molecule has 2 aromatic carbocycles. The standard InChI is InChI=1S/C29H32N4S/c1-3-9-22(10-4-1)15-16-26-30-28(27-24-13-7-8-14-25(24)34-29(27)31-26)33-19-17-32(18-20-33)21-23-11-5-2-6-12-23/h1-6,9-12H,7-8,13-21H2. The lowest BCUT2D eigenvalue weighted by atomic mass is 9.96. The molecule has 0 N–H and O–H groups in total. The van der Waals surface area contributed by atoms with Crippen LogP contribution in [0.15, 0.2) is 60.7 Å². The Morgan fingerprint density at radius 1 is 0.735 bits per heavy atom. The molecule has 2 aromatic heterocycles. The monoisotopic (exact) mass is 468 g/mol. The summed E-state index contributed by atoms with van der Waals surface area (Å²) in [7, 11) is 0. The number of rotatable bonds is 6. The Hall–Kier alpha value is -2.76. The van der Waals surface area contributed by atoms with Crippen molar-refractivity contribution in [3.05, 3.63) is 88.1 Å². The molecular formula is C29H32N4S. The highest BCUT2D eigenvalue weighted by atomic mass is 32.1. The van der Waals surface area contributed by atoms with E-state index in [2.05, 4.69) is 70.5 Å². The van der Waals surface area contributed by atoms with Gasteiger partial charge in [0, 0.05) is 44.0 Å². The van der Waals surface area contributed by atoms with Crippen LogP contribution in [0.4, 0.5) is 5.82 Å². The molecule has 1 fully saturated rings. The Bertz CT molecular complexity index is 1240. The van der Waals surface area contributed by atoms with Crippen molar-refractivity contribution in [2.45, 2.75) is 45.1 Å². The van der Waals surface area contributed by atoms with E-state index in [1.54, 1.807) is 10.4 Å². The van der Waals surface area contributed by atoms with Gasteiger partial charge in [-0.1, -0.05) is 60.7 Å². The third-order valence-corrected chi connectivity index (χ3v) is 8.43. The van der Waals surface area contributed by atoms with Crippen LogP contribution in [0.3, 0.4) is 0 Å². The molecule has 1 aliphatic heterocycles. The van der Waals surface area contributed by atoms with Gasteiger partial charge in [0.25, 0.3) is 0 Å². The van der Waals surface area contributed by atoms with Crippen molar-refractivity contribution in [1.29, 1.82) is 0 Å². The van der Waals surface area contributed by atoms with Gasteiger partial charge in [0.15, 0.2) is 0 Å². The van der Waals surface area contributed by atoms with Crippen molar-refractivity contribution >= 4 is 27.4 Å². The fourth-order valence-corrected chi connectivity index (χ4v) is 6.66. The zero-order valence-corrected chi connectivity index (χ0v) is 20.6. The predicted molar refractivity (Wildman–Crippen MR) is 142 cm³/mol. The van der Waals surface area contributed by atoms with Crippen LogP contribution in [-0.4, -0.2) is 41.0 Å². The van der Waals surface area contributed by atoms with Crippen LogP contribution >= 0.6 is 11.3 Å². The van der Waals surface area contributed by atoms with Crippen molar-refractivity contribution in [1.82, 2.24) is 14.9 Å². The smallest absolute Gasteiger partial charge is 0.141 e. The van der Waals surface area contributed by atoms with Crippen molar-refractivity contribution in [2.75, 3.05) is 31.1 Å². The summed E-state index contributed by atoms with van der Waals surface area (Å²) in [6, 6.07) is 21.6. The molecule has 0 saturated carbocycles. The average molecular weight is 469 g/mol. The minimum Gasteiger partial charge on any atom is -0.353 e. The van der Waals surface area contributed by atoms with E-state index in [0.717, 1.165) is 51.4 Å². The highest BCUT2D eigenvalue weighted by Crippen LogP contribution is 2.40. The minimum atomic E-state index is 0.892. The van der Waals surface area contributed by atoms with Crippen LogP contribution < -0.4 is 4.90 Å². The summed E-state index contributed by atoms with van der Waals surface area (Å²) in [5.41, 5.74) is 4.30. The van der Waals surface area contributed by atoms with Crippen molar-refractivity contribution in [2.24, 2.45) is 0 Å². The van der Waals surface area contributed by atoms with Gasteiger partial charge in [-0.05, 0) is 48.8 Å². The van der Waals surface area contributed by atoms with Gasteiger partial charge in [-0.2, -0.15) is 0 Å². The lowest BCUT2D eigenvalue weighted by molar-refractivity contribution is 0.249. The second-order valence-corrected chi connectivity index (χ2v) is 10.7. The highest BCUT2D eigenvalue weighted by Gasteiger charge is 2.26. The molecule has 34 heavy (non-hydrogen) atoms. The molecule has 0 spiro atoms. The van der Waals surface area contributed by atoms with Gasteiger partial charge in [-0.3, -0.25) is 4.90 Å². The molecule has 2 aliphatic rings. The van der Waals surface area contributed by atoms with Crippen molar-refractivity contribution in [3.63, 3.8) is 0 Å². The van der Waals surface area contributed by atoms with Crippen molar-refractivity contribution < 1.29 is 0 Å². The molecule has 0 bridgehead atoms. The maximum Gasteiger partial charge on any atom is 0.141 e. The van der Waals surface area contributed by atoms with Gasteiger partial charge < -0.3 is 4.90 Å². The second kappa shape index (κ2) is 9.85.